The van der Waals surface area contributed by atoms with Crippen LogP contribution in [0.5, 0.6) is 0 Å². The van der Waals surface area contributed by atoms with Crippen LogP contribution in [0.2, 0.25) is 0 Å². The Labute approximate surface area is 129 Å². The number of likely N-dealkylation sites (tertiary alicyclic amines) is 1. The van der Waals surface area contributed by atoms with Crippen LogP contribution in [-0.4, -0.2) is 41.6 Å². The maximum absolute atomic E-state index is 12.6. The lowest BCUT2D eigenvalue weighted by Crippen LogP contribution is -2.41. The molecular formula is C16H20N4O2. The highest BCUT2D eigenvalue weighted by Crippen LogP contribution is 2.25. The summed E-state index contributed by atoms with van der Waals surface area (Å²) in [6.45, 7) is 1.54. The number of benzene rings is 1. The first-order valence-corrected chi connectivity index (χ1v) is 7.67. The molecule has 6 heteroatoms. The van der Waals surface area contributed by atoms with Crippen molar-refractivity contribution in [2.45, 2.75) is 31.7 Å². The number of amides is 2. The third-order valence-electron chi connectivity index (χ3n) is 4.15. The van der Waals surface area contributed by atoms with Crippen LogP contribution in [0, 0.1) is 0 Å². The molecule has 1 fully saturated rings. The van der Waals surface area contributed by atoms with Gasteiger partial charge in [0, 0.05) is 19.5 Å². The van der Waals surface area contributed by atoms with Crippen LogP contribution < -0.4 is 10.7 Å². The van der Waals surface area contributed by atoms with Crippen LogP contribution in [0.15, 0.2) is 35.4 Å². The van der Waals surface area contributed by atoms with Crippen molar-refractivity contribution in [1.82, 2.24) is 4.90 Å². The first kappa shape index (κ1) is 14.6. The normalized spacial score (nSPS) is 21.6. The number of hydrazone groups is 1. The molecule has 0 aromatic heterocycles. The van der Waals surface area contributed by atoms with E-state index in [1.54, 1.807) is 5.01 Å². The van der Waals surface area contributed by atoms with Crippen LogP contribution in [-0.2, 0) is 9.59 Å². The summed E-state index contributed by atoms with van der Waals surface area (Å²) >= 11 is 0. The van der Waals surface area contributed by atoms with E-state index in [0.717, 1.165) is 38.0 Å². The molecule has 0 bridgehead atoms. The molecule has 1 atom stereocenters. The third kappa shape index (κ3) is 2.81. The molecule has 1 saturated heterocycles. The number of rotatable bonds is 3. The van der Waals surface area contributed by atoms with Crippen molar-refractivity contribution in [2.75, 3.05) is 18.1 Å². The number of carbonyl (C=O) groups is 2. The molecule has 2 amide bonds. The largest absolute Gasteiger partial charge is 0.368 e. The van der Waals surface area contributed by atoms with Gasteiger partial charge < -0.3 is 10.6 Å². The minimum atomic E-state index is -0.592. The quantitative estimate of drug-likeness (QED) is 0.908. The Hall–Kier alpha value is -2.37. The number of hydrogen-bond acceptors (Lipinski definition) is 4. The number of nitrogens with two attached hydrogens (primary N) is 1. The Bertz CT molecular complexity index is 593. The van der Waals surface area contributed by atoms with Crippen LogP contribution >= 0.6 is 0 Å². The highest BCUT2D eigenvalue weighted by atomic mass is 16.2. The Morgan fingerprint density at radius 3 is 2.41 bits per heavy atom. The van der Waals surface area contributed by atoms with E-state index < -0.39 is 11.9 Å². The lowest BCUT2D eigenvalue weighted by atomic mass is 10.1. The maximum atomic E-state index is 12.6. The Balaban J connectivity index is 1.83. The molecule has 2 aliphatic rings. The average Bonchev–Trinajstić information content (AvgIpc) is 3.01. The highest BCUT2D eigenvalue weighted by molar-refractivity contribution is 6.40. The second-order valence-corrected chi connectivity index (χ2v) is 5.70. The second-order valence-electron chi connectivity index (χ2n) is 5.70. The van der Waals surface area contributed by atoms with Gasteiger partial charge in [-0.2, -0.15) is 5.10 Å². The van der Waals surface area contributed by atoms with Gasteiger partial charge in [0.1, 0.15) is 11.8 Å². The lowest BCUT2D eigenvalue weighted by molar-refractivity contribution is -0.125. The van der Waals surface area contributed by atoms with E-state index in [-0.39, 0.29) is 12.3 Å². The molecule has 1 unspecified atom stereocenters. The minimum Gasteiger partial charge on any atom is -0.368 e. The molecule has 0 radical (unpaired) electrons. The van der Waals surface area contributed by atoms with E-state index in [1.165, 1.54) is 0 Å². The summed E-state index contributed by atoms with van der Waals surface area (Å²) in [6, 6.07) is 8.75. The van der Waals surface area contributed by atoms with Gasteiger partial charge in [0.05, 0.1) is 5.69 Å². The molecule has 0 aliphatic carbocycles. The number of piperidine rings is 1. The van der Waals surface area contributed by atoms with Gasteiger partial charge in [0.15, 0.2) is 0 Å². The van der Waals surface area contributed by atoms with Gasteiger partial charge in [-0.1, -0.05) is 18.2 Å². The Kier molecular flexibility index (Phi) is 4.09. The zero-order chi connectivity index (χ0) is 15.5. The standard InChI is InChI=1S/C16H20N4O2/c17-15(21)14-11-13(16(22)19-9-5-2-6-10-19)18-20(14)12-7-3-1-4-8-12/h1,3-4,7-8,14H,2,5-6,9-11H2,(H2,17,21). The molecule has 2 N–H and O–H groups in total. The van der Waals surface area contributed by atoms with Crippen molar-refractivity contribution < 1.29 is 9.59 Å². The van der Waals surface area contributed by atoms with Crippen LogP contribution in [0.3, 0.4) is 0 Å². The maximum Gasteiger partial charge on any atom is 0.270 e. The number of anilines is 1. The summed E-state index contributed by atoms with van der Waals surface area (Å²) in [6.07, 6.45) is 3.50. The molecule has 1 aromatic carbocycles. The van der Waals surface area contributed by atoms with Gasteiger partial charge in [0.25, 0.3) is 5.91 Å². The monoisotopic (exact) mass is 300 g/mol. The molecule has 3 rings (SSSR count). The van der Waals surface area contributed by atoms with Gasteiger partial charge >= 0.3 is 0 Å². The third-order valence-corrected chi connectivity index (χ3v) is 4.15. The summed E-state index contributed by atoms with van der Waals surface area (Å²) in [7, 11) is 0. The first-order valence-electron chi connectivity index (χ1n) is 7.67. The van der Waals surface area contributed by atoms with Gasteiger partial charge in [-0.25, -0.2) is 0 Å². The molecule has 116 valence electrons. The van der Waals surface area contributed by atoms with Crippen LogP contribution in [0.4, 0.5) is 5.69 Å². The molecule has 22 heavy (non-hydrogen) atoms. The van der Waals surface area contributed by atoms with E-state index in [0.29, 0.717) is 5.71 Å². The van der Waals surface area contributed by atoms with E-state index >= 15 is 0 Å². The van der Waals surface area contributed by atoms with Crippen molar-refractivity contribution in [3.8, 4) is 0 Å². The predicted octanol–water partition coefficient (Wildman–Crippen LogP) is 1.12. The van der Waals surface area contributed by atoms with E-state index in [4.69, 9.17) is 5.73 Å². The fourth-order valence-electron chi connectivity index (χ4n) is 2.96. The van der Waals surface area contributed by atoms with Crippen molar-refractivity contribution in [2.24, 2.45) is 10.8 Å². The summed E-state index contributed by atoms with van der Waals surface area (Å²) in [4.78, 5) is 26.1. The molecule has 2 heterocycles. The van der Waals surface area contributed by atoms with Crippen molar-refractivity contribution in [3.05, 3.63) is 30.3 Å². The SMILES string of the molecule is NC(=O)C1CC(C(=O)N2CCCCC2)=NN1c1ccccc1. The van der Waals surface area contributed by atoms with E-state index in [9.17, 15) is 9.59 Å². The number of primary amides is 1. The summed E-state index contributed by atoms with van der Waals surface area (Å²) in [5, 5.41) is 5.96. The van der Waals surface area contributed by atoms with Gasteiger partial charge in [-0.3, -0.25) is 14.6 Å². The average molecular weight is 300 g/mol. The molecular weight excluding hydrogens is 280 g/mol. The van der Waals surface area contributed by atoms with Crippen molar-refractivity contribution >= 4 is 23.2 Å². The molecule has 2 aliphatic heterocycles. The topological polar surface area (TPSA) is 79.0 Å². The van der Waals surface area contributed by atoms with Crippen molar-refractivity contribution in [1.29, 1.82) is 0 Å². The van der Waals surface area contributed by atoms with E-state index in [1.807, 2.05) is 35.2 Å². The lowest BCUT2D eigenvalue weighted by Gasteiger charge is -2.26. The number of para-hydroxylation sites is 1. The Morgan fingerprint density at radius 2 is 1.77 bits per heavy atom. The molecule has 6 nitrogen and oxygen atoms in total. The molecule has 0 spiro atoms. The second kappa shape index (κ2) is 6.17. The van der Waals surface area contributed by atoms with E-state index in [2.05, 4.69) is 5.10 Å². The van der Waals surface area contributed by atoms with Gasteiger partial charge in [-0.05, 0) is 31.4 Å². The number of nitrogens with zero attached hydrogens (tertiary/aromatic N) is 3. The first-order chi connectivity index (χ1) is 10.7. The highest BCUT2D eigenvalue weighted by Gasteiger charge is 2.36. The molecule has 1 aromatic rings. The summed E-state index contributed by atoms with van der Waals surface area (Å²) < 4.78 is 0. The fourth-order valence-corrected chi connectivity index (χ4v) is 2.96. The summed E-state index contributed by atoms with van der Waals surface area (Å²) in [5.41, 5.74) is 6.68. The van der Waals surface area contributed by atoms with Crippen LogP contribution in [0.25, 0.3) is 0 Å². The smallest absolute Gasteiger partial charge is 0.270 e. The zero-order valence-corrected chi connectivity index (χ0v) is 12.4. The Morgan fingerprint density at radius 1 is 1.09 bits per heavy atom. The number of hydrogen-bond donors (Lipinski definition) is 1. The fraction of sp³-hybridized carbons (Fsp3) is 0.438. The van der Waals surface area contributed by atoms with Crippen molar-refractivity contribution in [3.63, 3.8) is 0 Å². The van der Waals surface area contributed by atoms with Crippen LogP contribution in [0.1, 0.15) is 25.7 Å². The predicted molar refractivity (Wildman–Crippen MR) is 84.4 cm³/mol. The van der Waals surface area contributed by atoms with Gasteiger partial charge in [0.2, 0.25) is 5.91 Å². The van der Waals surface area contributed by atoms with Gasteiger partial charge in [-0.15, -0.1) is 0 Å². The summed E-state index contributed by atoms with van der Waals surface area (Å²) in [5.74, 6) is -0.529. The zero-order valence-electron chi connectivity index (χ0n) is 12.4. The number of carbonyl (C=O) groups excluding carboxylic acids is 2. The molecule has 0 saturated carbocycles. The minimum absolute atomic E-state index is 0.0654.